The first-order valence-corrected chi connectivity index (χ1v) is 5.56. The largest absolute Gasteiger partial charge is 0.347 e. The van der Waals surface area contributed by atoms with Crippen LogP contribution in [0.25, 0.3) is 0 Å². The lowest BCUT2D eigenvalue weighted by Gasteiger charge is -2.19. The van der Waals surface area contributed by atoms with E-state index in [4.69, 9.17) is 0 Å². The van der Waals surface area contributed by atoms with Gasteiger partial charge in [0.1, 0.15) is 5.82 Å². The van der Waals surface area contributed by atoms with Gasteiger partial charge in [-0.15, -0.1) is 0 Å². The summed E-state index contributed by atoms with van der Waals surface area (Å²) >= 11 is 0. The minimum absolute atomic E-state index is 0.234. The number of rotatable bonds is 5. The van der Waals surface area contributed by atoms with Crippen LogP contribution in [0.2, 0.25) is 0 Å². The zero-order valence-electron chi connectivity index (χ0n) is 9.57. The summed E-state index contributed by atoms with van der Waals surface area (Å²) in [6.07, 6.45) is 6.38. The first-order valence-electron chi connectivity index (χ1n) is 5.56. The van der Waals surface area contributed by atoms with Crippen LogP contribution in [-0.2, 0) is 0 Å². The van der Waals surface area contributed by atoms with E-state index in [0.717, 1.165) is 17.9 Å². The molecule has 0 radical (unpaired) electrons. The lowest BCUT2D eigenvalue weighted by Crippen LogP contribution is -2.25. The lowest BCUT2D eigenvalue weighted by molar-refractivity contribution is 0.435. The van der Waals surface area contributed by atoms with Gasteiger partial charge in [0.2, 0.25) is 0 Å². The number of imidazole rings is 1. The first kappa shape index (κ1) is 10.9. The average molecular weight is 219 g/mol. The fourth-order valence-corrected chi connectivity index (χ4v) is 1.76. The molecule has 0 fully saturated rings. The Hall–Kier alpha value is -1.62. The molecule has 2 unspecified atom stereocenters. The van der Waals surface area contributed by atoms with Gasteiger partial charge in [-0.05, 0) is 19.4 Å². The zero-order chi connectivity index (χ0) is 11.4. The molecule has 0 aromatic carbocycles. The predicted octanol–water partition coefficient (Wildman–Crippen LogP) is 1.93. The highest BCUT2D eigenvalue weighted by atomic mass is 15.1. The Bertz CT molecular complexity index is 392. The summed E-state index contributed by atoms with van der Waals surface area (Å²) in [6, 6.07) is 2.46. The van der Waals surface area contributed by atoms with E-state index in [1.54, 1.807) is 12.4 Å². The fourth-order valence-electron chi connectivity index (χ4n) is 1.76. The number of nitrogens with zero attached hydrogens (tertiary/aromatic N) is 2. The lowest BCUT2D eigenvalue weighted by atomic mass is 10.1. The second kappa shape index (κ2) is 4.94. The molecule has 0 spiro atoms. The van der Waals surface area contributed by atoms with Crippen LogP contribution in [0.5, 0.6) is 0 Å². The van der Waals surface area contributed by atoms with Gasteiger partial charge >= 0.3 is 0 Å². The summed E-state index contributed by atoms with van der Waals surface area (Å²) in [5.74, 6) is 0.980. The molecule has 2 atom stereocenters. The van der Waals surface area contributed by atoms with Gasteiger partial charge < -0.3 is 4.98 Å². The quantitative estimate of drug-likeness (QED) is 0.719. The molecule has 0 saturated carbocycles. The van der Waals surface area contributed by atoms with Crippen molar-refractivity contribution < 1.29 is 0 Å². The van der Waals surface area contributed by atoms with E-state index in [1.807, 2.05) is 12.3 Å². The van der Waals surface area contributed by atoms with Crippen LogP contribution in [0.15, 0.2) is 24.7 Å². The van der Waals surface area contributed by atoms with Gasteiger partial charge in [0.05, 0.1) is 11.7 Å². The maximum atomic E-state index is 4.28. The molecular weight excluding hydrogens is 202 g/mol. The highest BCUT2D eigenvalue weighted by molar-refractivity contribution is 5.05. The van der Waals surface area contributed by atoms with Gasteiger partial charge in [0.15, 0.2) is 0 Å². The Morgan fingerprint density at radius 3 is 2.88 bits per heavy atom. The molecule has 2 aromatic rings. The van der Waals surface area contributed by atoms with E-state index in [2.05, 4.69) is 39.3 Å². The molecule has 0 amide bonds. The Kier molecular flexibility index (Phi) is 3.36. The van der Waals surface area contributed by atoms with E-state index < -0.39 is 0 Å². The van der Waals surface area contributed by atoms with Crippen molar-refractivity contribution in [2.45, 2.75) is 32.4 Å². The van der Waals surface area contributed by atoms with Crippen LogP contribution < -0.4 is 5.32 Å². The van der Waals surface area contributed by atoms with E-state index in [1.165, 1.54) is 0 Å². The average Bonchev–Trinajstić information content (AvgIpc) is 2.96. The molecule has 0 aliphatic rings. The van der Waals surface area contributed by atoms with Gasteiger partial charge in [-0.3, -0.25) is 10.4 Å². The van der Waals surface area contributed by atoms with Crippen molar-refractivity contribution >= 4 is 0 Å². The molecule has 0 aliphatic heterocycles. The van der Waals surface area contributed by atoms with Gasteiger partial charge in [0.25, 0.3) is 0 Å². The maximum absolute atomic E-state index is 4.28. The Labute approximate surface area is 94.7 Å². The smallest absolute Gasteiger partial charge is 0.123 e. The number of hydrogen-bond acceptors (Lipinski definition) is 3. The summed E-state index contributed by atoms with van der Waals surface area (Å²) in [6.45, 7) is 4.25. The SMILES string of the molecule is CCC(NC(C)c1ccn[nH]1)c1ncc[nH]1. The molecule has 5 nitrogen and oxygen atoms in total. The van der Waals surface area contributed by atoms with Crippen molar-refractivity contribution in [3.05, 3.63) is 36.2 Å². The minimum Gasteiger partial charge on any atom is -0.347 e. The van der Waals surface area contributed by atoms with Crippen molar-refractivity contribution in [2.24, 2.45) is 0 Å². The second-order valence-electron chi connectivity index (χ2n) is 3.84. The van der Waals surface area contributed by atoms with Crippen molar-refractivity contribution in [3.63, 3.8) is 0 Å². The molecule has 2 heterocycles. The van der Waals surface area contributed by atoms with E-state index in [0.29, 0.717) is 0 Å². The number of nitrogens with one attached hydrogen (secondary N) is 3. The highest BCUT2D eigenvalue weighted by Gasteiger charge is 2.15. The molecule has 86 valence electrons. The van der Waals surface area contributed by atoms with E-state index >= 15 is 0 Å². The molecule has 0 saturated heterocycles. The first-order chi connectivity index (χ1) is 7.81. The van der Waals surface area contributed by atoms with E-state index in [-0.39, 0.29) is 12.1 Å². The summed E-state index contributed by atoms with van der Waals surface area (Å²) in [4.78, 5) is 7.42. The highest BCUT2D eigenvalue weighted by Crippen LogP contribution is 2.17. The van der Waals surface area contributed by atoms with Gasteiger partial charge in [0, 0.05) is 24.6 Å². The van der Waals surface area contributed by atoms with Gasteiger partial charge in [-0.2, -0.15) is 5.10 Å². The van der Waals surface area contributed by atoms with Crippen LogP contribution in [0, 0.1) is 0 Å². The molecular formula is C11H17N5. The third-order valence-corrected chi connectivity index (χ3v) is 2.70. The summed E-state index contributed by atoms with van der Waals surface area (Å²) in [5, 5.41) is 10.4. The predicted molar refractivity (Wildman–Crippen MR) is 61.8 cm³/mol. The maximum Gasteiger partial charge on any atom is 0.123 e. The number of aromatic nitrogens is 4. The Morgan fingerprint density at radius 1 is 1.44 bits per heavy atom. The Morgan fingerprint density at radius 2 is 2.31 bits per heavy atom. The van der Waals surface area contributed by atoms with Crippen molar-refractivity contribution in [3.8, 4) is 0 Å². The van der Waals surface area contributed by atoms with Gasteiger partial charge in [-0.1, -0.05) is 6.92 Å². The van der Waals surface area contributed by atoms with Crippen LogP contribution >= 0.6 is 0 Å². The summed E-state index contributed by atoms with van der Waals surface area (Å²) < 4.78 is 0. The van der Waals surface area contributed by atoms with E-state index in [9.17, 15) is 0 Å². The molecule has 0 bridgehead atoms. The van der Waals surface area contributed by atoms with Crippen LogP contribution in [0.4, 0.5) is 0 Å². The number of hydrogen-bond donors (Lipinski definition) is 3. The van der Waals surface area contributed by atoms with Crippen molar-refractivity contribution in [2.75, 3.05) is 0 Å². The van der Waals surface area contributed by atoms with Crippen molar-refractivity contribution in [1.29, 1.82) is 0 Å². The standard InChI is InChI=1S/C11H17N5/c1-3-9(11-12-6-7-13-11)15-8(2)10-4-5-14-16-10/h4-9,15H,3H2,1-2H3,(H,12,13)(H,14,16). The number of aromatic amines is 2. The molecule has 2 aromatic heterocycles. The van der Waals surface area contributed by atoms with Gasteiger partial charge in [-0.25, -0.2) is 4.98 Å². The zero-order valence-corrected chi connectivity index (χ0v) is 9.57. The minimum atomic E-state index is 0.234. The van der Waals surface area contributed by atoms with Crippen LogP contribution in [0.3, 0.4) is 0 Å². The molecule has 16 heavy (non-hydrogen) atoms. The van der Waals surface area contributed by atoms with Crippen LogP contribution in [-0.4, -0.2) is 20.2 Å². The third-order valence-electron chi connectivity index (χ3n) is 2.70. The third kappa shape index (κ3) is 2.30. The van der Waals surface area contributed by atoms with Crippen LogP contribution in [0.1, 0.15) is 43.9 Å². The molecule has 2 rings (SSSR count). The monoisotopic (exact) mass is 219 g/mol. The summed E-state index contributed by atoms with van der Waals surface area (Å²) in [5.41, 5.74) is 1.09. The molecule has 0 aliphatic carbocycles. The second-order valence-corrected chi connectivity index (χ2v) is 3.84. The fraction of sp³-hybridized carbons (Fsp3) is 0.455. The normalized spacial score (nSPS) is 14.9. The Balaban J connectivity index is 2.02. The summed E-state index contributed by atoms with van der Waals surface area (Å²) in [7, 11) is 0. The number of H-pyrrole nitrogens is 2. The molecule has 5 heteroatoms. The topological polar surface area (TPSA) is 69.4 Å². The van der Waals surface area contributed by atoms with Crippen molar-refractivity contribution in [1.82, 2.24) is 25.5 Å². The molecule has 3 N–H and O–H groups in total.